The number of hydrogen-bond acceptors (Lipinski definition) is 5. The summed E-state index contributed by atoms with van der Waals surface area (Å²) in [5, 5.41) is 0. The number of ether oxygens (including phenoxy) is 1. The number of benzene rings is 1. The van der Waals surface area contributed by atoms with Crippen molar-refractivity contribution in [2.24, 2.45) is 5.92 Å². The van der Waals surface area contributed by atoms with Crippen LogP contribution in [-0.4, -0.2) is 63.3 Å². The van der Waals surface area contributed by atoms with E-state index < -0.39 is 15.9 Å². The van der Waals surface area contributed by atoms with Crippen LogP contribution < -0.4 is 0 Å². The van der Waals surface area contributed by atoms with Gasteiger partial charge in [-0.25, -0.2) is 12.7 Å². The van der Waals surface area contributed by atoms with Gasteiger partial charge in [-0.05, 0) is 38.1 Å². The van der Waals surface area contributed by atoms with E-state index in [1.807, 2.05) is 13.8 Å². The van der Waals surface area contributed by atoms with Gasteiger partial charge >= 0.3 is 5.97 Å². The van der Waals surface area contributed by atoms with Crippen LogP contribution >= 0.6 is 0 Å². The van der Waals surface area contributed by atoms with Crippen molar-refractivity contribution in [2.45, 2.75) is 31.7 Å². The van der Waals surface area contributed by atoms with Crippen molar-refractivity contribution in [3.05, 3.63) is 29.8 Å². The molecule has 0 radical (unpaired) electrons. The Kier molecular flexibility index (Phi) is 7.13. The number of methoxy groups -OCH3 is 1. The van der Waals surface area contributed by atoms with Crippen LogP contribution in [0.4, 0.5) is 0 Å². The van der Waals surface area contributed by atoms with Crippen molar-refractivity contribution in [1.29, 1.82) is 0 Å². The van der Waals surface area contributed by atoms with Crippen molar-refractivity contribution >= 4 is 21.9 Å². The summed E-state index contributed by atoms with van der Waals surface area (Å²) < 4.78 is 30.0. The maximum Gasteiger partial charge on any atom is 0.310 e. The Morgan fingerprint density at radius 2 is 1.60 bits per heavy atom. The summed E-state index contributed by atoms with van der Waals surface area (Å²) in [6, 6.07) is 5.66. The van der Waals surface area contributed by atoms with Gasteiger partial charge in [0, 0.05) is 32.2 Å². The molecule has 25 heavy (non-hydrogen) atoms. The fourth-order valence-electron chi connectivity index (χ4n) is 2.25. The summed E-state index contributed by atoms with van der Waals surface area (Å²) in [5.41, 5.74) is 0.364. The molecule has 0 saturated heterocycles. The Hall–Kier alpha value is -1.93. The molecule has 0 fully saturated rings. The van der Waals surface area contributed by atoms with Crippen LogP contribution in [0.3, 0.4) is 0 Å². The second kappa shape index (κ2) is 8.44. The average molecular weight is 370 g/mol. The van der Waals surface area contributed by atoms with Gasteiger partial charge in [0.15, 0.2) is 0 Å². The van der Waals surface area contributed by atoms with E-state index >= 15 is 0 Å². The molecule has 0 aliphatic rings. The first kappa shape index (κ1) is 21.1. The maximum absolute atomic E-state index is 12.7. The van der Waals surface area contributed by atoms with Crippen molar-refractivity contribution in [3.8, 4) is 0 Å². The Labute approximate surface area is 149 Å². The molecule has 1 amide bonds. The van der Waals surface area contributed by atoms with Crippen molar-refractivity contribution in [2.75, 3.05) is 27.7 Å². The quantitative estimate of drug-likeness (QED) is 0.681. The summed E-state index contributed by atoms with van der Waals surface area (Å²) in [6.07, 6.45) is 0. The zero-order valence-corrected chi connectivity index (χ0v) is 16.3. The largest absolute Gasteiger partial charge is 0.469 e. The molecule has 1 rings (SSSR count). The molecule has 8 heteroatoms. The molecule has 0 spiro atoms. The van der Waals surface area contributed by atoms with Crippen LogP contribution in [0.1, 0.15) is 31.1 Å². The van der Waals surface area contributed by atoms with Crippen molar-refractivity contribution in [3.63, 3.8) is 0 Å². The number of rotatable bonds is 7. The van der Waals surface area contributed by atoms with E-state index in [1.165, 1.54) is 45.5 Å². The first-order valence-electron chi connectivity index (χ1n) is 7.93. The first-order valence-corrected chi connectivity index (χ1v) is 9.37. The van der Waals surface area contributed by atoms with Gasteiger partial charge in [-0.15, -0.1) is 0 Å². The number of carbonyl (C=O) groups is 2. The highest BCUT2D eigenvalue weighted by atomic mass is 32.2. The molecule has 0 aliphatic carbocycles. The number of esters is 1. The minimum absolute atomic E-state index is 0.119. The Morgan fingerprint density at radius 1 is 1.08 bits per heavy atom. The van der Waals surface area contributed by atoms with Crippen molar-refractivity contribution in [1.82, 2.24) is 9.21 Å². The molecule has 1 aromatic rings. The lowest BCUT2D eigenvalue weighted by Crippen LogP contribution is -2.41. The molecule has 0 N–H and O–H groups in total. The van der Waals surface area contributed by atoms with Crippen molar-refractivity contribution < 1.29 is 22.7 Å². The lowest BCUT2D eigenvalue weighted by Gasteiger charge is -2.29. The molecule has 1 unspecified atom stereocenters. The monoisotopic (exact) mass is 370 g/mol. The molecule has 1 atom stereocenters. The minimum Gasteiger partial charge on any atom is -0.469 e. The van der Waals surface area contributed by atoms with Gasteiger partial charge in [-0.1, -0.05) is 6.92 Å². The predicted octanol–water partition coefficient (Wildman–Crippen LogP) is 1.60. The average Bonchev–Trinajstić information content (AvgIpc) is 2.57. The Bertz CT molecular complexity index is 711. The summed E-state index contributed by atoms with van der Waals surface area (Å²) in [5.74, 6) is -1.10. The van der Waals surface area contributed by atoms with Gasteiger partial charge in [-0.3, -0.25) is 9.59 Å². The van der Waals surface area contributed by atoms with Gasteiger partial charge in [0.2, 0.25) is 10.0 Å². The third-order valence-corrected chi connectivity index (χ3v) is 5.67. The fraction of sp³-hybridized carbons (Fsp3) is 0.529. The van der Waals surface area contributed by atoms with Crippen LogP contribution in [0.5, 0.6) is 0 Å². The van der Waals surface area contributed by atoms with E-state index in [0.29, 0.717) is 5.56 Å². The number of sulfonamides is 1. The second-order valence-electron chi connectivity index (χ2n) is 6.29. The van der Waals surface area contributed by atoms with Gasteiger partial charge < -0.3 is 9.64 Å². The smallest absolute Gasteiger partial charge is 0.310 e. The van der Waals surface area contributed by atoms with Crippen LogP contribution in [-0.2, 0) is 19.6 Å². The van der Waals surface area contributed by atoms with Crippen LogP contribution in [0.15, 0.2) is 29.2 Å². The van der Waals surface area contributed by atoms with E-state index in [1.54, 1.807) is 11.8 Å². The highest BCUT2D eigenvalue weighted by Gasteiger charge is 2.25. The maximum atomic E-state index is 12.7. The molecule has 140 valence electrons. The normalized spacial score (nSPS) is 13.0. The molecule has 0 bridgehead atoms. The Morgan fingerprint density at radius 3 is 2.00 bits per heavy atom. The lowest BCUT2D eigenvalue weighted by molar-refractivity contribution is -0.145. The van der Waals surface area contributed by atoms with E-state index in [4.69, 9.17) is 4.74 Å². The third kappa shape index (κ3) is 5.02. The zero-order valence-electron chi connectivity index (χ0n) is 15.5. The molecule has 0 aliphatic heterocycles. The molecule has 0 saturated carbocycles. The SMILES string of the molecule is COC(=O)C(C)CN(C(=O)c1ccc(S(=O)(=O)N(C)C)cc1)C(C)C. The number of hydrogen-bond donors (Lipinski definition) is 0. The topological polar surface area (TPSA) is 84.0 Å². The highest BCUT2D eigenvalue weighted by Crippen LogP contribution is 2.17. The van der Waals surface area contributed by atoms with Gasteiger partial charge in [0.1, 0.15) is 0 Å². The van der Waals surface area contributed by atoms with E-state index in [0.717, 1.165) is 4.31 Å². The molecule has 1 aromatic carbocycles. The molecular weight excluding hydrogens is 344 g/mol. The molecule has 0 aromatic heterocycles. The standard InChI is InChI=1S/C17H26N2O5S/c1-12(2)19(11-13(3)17(21)24-6)16(20)14-7-9-15(10-8-14)25(22,23)18(4)5/h7-10,12-13H,11H2,1-6H3. The summed E-state index contributed by atoms with van der Waals surface area (Å²) in [7, 11) is 0.663. The highest BCUT2D eigenvalue weighted by molar-refractivity contribution is 7.89. The fourth-order valence-corrected chi connectivity index (χ4v) is 3.15. The Balaban J connectivity index is 3.05. The van der Waals surface area contributed by atoms with Gasteiger partial charge in [0.25, 0.3) is 5.91 Å². The zero-order chi connectivity index (χ0) is 19.4. The minimum atomic E-state index is -3.54. The second-order valence-corrected chi connectivity index (χ2v) is 8.44. The van der Waals surface area contributed by atoms with E-state index in [-0.39, 0.29) is 29.4 Å². The van der Waals surface area contributed by atoms with Gasteiger partial charge in [-0.2, -0.15) is 0 Å². The number of carbonyl (C=O) groups excluding carboxylic acids is 2. The predicted molar refractivity (Wildman–Crippen MR) is 94.7 cm³/mol. The van der Waals surface area contributed by atoms with Crippen LogP contribution in [0.25, 0.3) is 0 Å². The van der Waals surface area contributed by atoms with E-state index in [2.05, 4.69) is 0 Å². The molecule has 0 heterocycles. The number of nitrogens with zero attached hydrogens (tertiary/aromatic N) is 2. The van der Waals surface area contributed by atoms with Crippen LogP contribution in [0, 0.1) is 5.92 Å². The summed E-state index contributed by atoms with van der Waals surface area (Å²) >= 11 is 0. The summed E-state index contributed by atoms with van der Waals surface area (Å²) in [6.45, 7) is 5.63. The summed E-state index contributed by atoms with van der Waals surface area (Å²) in [4.78, 5) is 26.0. The van der Waals surface area contributed by atoms with E-state index in [9.17, 15) is 18.0 Å². The van der Waals surface area contributed by atoms with Crippen LogP contribution in [0.2, 0.25) is 0 Å². The van der Waals surface area contributed by atoms with Gasteiger partial charge in [0.05, 0.1) is 17.9 Å². The lowest BCUT2D eigenvalue weighted by atomic mass is 10.1. The first-order chi connectivity index (χ1) is 11.5. The number of amides is 1. The third-order valence-electron chi connectivity index (χ3n) is 3.84. The molecule has 7 nitrogen and oxygen atoms in total. The molecular formula is C17H26N2O5S.